The first-order valence-corrected chi connectivity index (χ1v) is 10.4. The highest BCUT2D eigenvalue weighted by Crippen LogP contribution is 2.36. The van der Waals surface area contributed by atoms with Gasteiger partial charge in [-0.2, -0.15) is 0 Å². The van der Waals surface area contributed by atoms with Gasteiger partial charge in [0.05, 0.1) is 15.0 Å². The predicted octanol–water partition coefficient (Wildman–Crippen LogP) is 5.49. The van der Waals surface area contributed by atoms with E-state index in [0.717, 1.165) is 20.9 Å². The van der Waals surface area contributed by atoms with Crippen LogP contribution in [0.2, 0.25) is 5.02 Å². The molecule has 25 heavy (non-hydrogen) atoms. The van der Waals surface area contributed by atoms with E-state index < -0.39 is 0 Å². The summed E-state index contributed by atoms with van der Waals surface area (Å²) in [6.07, 6.45) is 1.56. The van der Waals surface area contributed by atoms with E-state index >= 15 is 0 Å². The number of hydrogen-bond acceptors (Lipinski definition) is 4. The fourth-order valence-electron chi connectivity index (χ4n) is 2.25. The lowest BCUT2D eigenvalue weighted by Gasteiger charge is -2.12. The summed E-state index contributed by atoms with van der Waals surface area (Å²) in [5.74, 6) is -0.260. The number of aromatic hydroxyl groups is 1. The average Bonchev–Trinajstić information content (AvgIpc) is 2.81. The number of rotatable bonds is 3. The topological polar surface area (TPSA) is 57.6 Å². The van der Waals surface area contributed by atoms with Gasteiger partial charge in [-0.15, -0.1) is 0 Å². The molecule has 3 rings (SSSR count). The van der Waals surface area contributed by atoms with Gasteiger partial charge in [-0.1, -0.05) is 23.7 Å². The molecule has 128 valence electrons. The Bertz CT molecular complexity index is 900. The maximum atomic E-state index is 12.6. The summed E-state index contributed by atoms with van der Waals surface area (Å²) in [5, 5.41) is 10.4. The van der Waals surface area contributed by atoms with Crippen LogP contribution < -0.4 is 0 Å². The highest BCUT2D eigenvalue weighted by atomic mass is 127. The fourth-order valence-corrected chi connectivity index (χ4v) is 5.09. The van der Waals surface area contributed by atoms with Gasteiger partial charge in [-0.05, 0) is 92.8 Å². The standard InChI is InChI=1S/C17H10ClI2NO3S/c18-11-3-1-9(2-4-11)8-21-16(23)14(25-17(21)24)6-10-5-12(19)7-13(20)15(10)22/h1-7,22H,8H2/b14-6-. The van der Waals surface area contributed by atoms with E-state index in [1.807, 2.05) is 28.7 Å². The van der Waals surface area contributed by atoms with Gasteiger partial charge >= 0.3 is 0 Å². The summed E-state index contributed by atoms with van der Waals surface area (Å²) in [6, 6.07) is 10.6. The zero-order chi connectivity index (χ0) is 18.1. The summed E-state index contributed by atoms with van der Waals surface area (Å²) < 4.78 is 1.63. The maximum Gasteiger partial charge on any atom is 0.293 e. The van der Waals surface area contributed by atoms with Gasteiger partial charge < -0.3 is 5.11 Å². The molecule has 0 unspecified atom stereocenters. The maximum absolute atomic E-state index is 12.6. The number of phenols is 1. The van der Waals surface area contributed by atoms with Crippen molar-refractivity contribution in [2.24, 2.45) is 0 Å². The molecule has 2 amide bonds. The van der Waals surface area contributed by atoms with Gasteiger partial charge in [0.1, 0.15) is 5.75 Å². The number of thioether (sulfide) groups is 1. The number of amides is 2. The lowest BCUT2D eigenvalue weighted by Crippen LogP contribution is -2.27. The molecule has 1 heterocycles. The second kappa shape index (κ2) is 7.85. The molecule has 0 spiro atoms. The Hall–Kier alpha value is -0.780. The first-order chi connectivity index (χ1) is 11.8. The predicted molar refractivity (Wildman–Crippen MR) is 117 cm³/mol. The van der Waals surface area contributed by atoms with Gasteiger partial charge in [-0.3, -0.25) is 14.5 Å². The van der Waals surface area contributed by atoms with Gasteiger partial charge in [0.15, 0.2) is 0 Å². The third-order valence-electron chi connectivity index (χ3n) is 3.47. The molecule has 8 heteroatoms. The summed E-state index contributed by atoms with van der Waals surface area (Å²) in [7, 11) is 0. The molecule has 0 atom stereocenters. The van der Waals surface area contributed by atoms with Gasteiger partial charge in [-0.25, -0.2) is 0 Å². The highest BCUT2D eigenvalue weighted by Gasteiger charge is 2.35. The van der Waals surface area contributed by atoms with Crippen molar-refractivity contribution < 1.29 is 14.7 Å². The van der Waals surface area contributed by atoms with Crippen molar-refractivity contribution in [3.63, 3.8) is 0 Å². The lowest BCUT2D eigenvalue weighted by atomic mass is 10.2. The van der Waals surface area contributed by atoms with Crippen LogP contribution in [0.4, 0.5) is 4.79 Å². The van der Waals surface area contributed by atoms with Crippen molar-refractivity contribution in [2.45, 2.75) is 6.54 Å². The van der Waals surface area contributed by atoms with Gasteiger partial charge in [0, 0.05) is 14.2 Å². The molecule has 2 aromatic rings. The Kier molecular flexibility index (Phi) is 5.96. The minimum atomic E-state index is -0.363. The van der Waals surface area contributed by atoms with Crippen molar-refractivity contribution in [3.8, 4) is 5.75 Å². The Morgan fingerprint density at radius 1 is 1.16 bits per heavy atom. The van der Waals surface area contributed by atoms with Gasteiger partial charge in [0.25, 0.3) is 11.1 Å². The van der Waals surface area contributed by atoms with Crippen LogP contribution >= 0.6 is 68.5 Å². The van der Waals surface area contributed by atoms with Crippen molar-refractivity contribution in [1.82, 2.24) is 4.90 Å². The second-order valence-corrected chi connectivity index (χ2v) is 9.06. The molecule has 0 saturated carbocycles. The van der Waals surface area contributed by atoms with Crippen molar-refractivity contribution in [1.29, 1.82) is 0 Å². The van der Waals surface area contributed by atoms with Crippen LogP contribution in [0.3, 0.4) is 0 Å². The van der Waals surface area contributed by atoms with E-state index in [1.165, 1.54) is 4.90 Å². The van der Waals surface area contributed by atoms with E-state index in [0.29, 0.717) is 19.1 Å². The molecular formula is C17H10ClI2NO3S. The molecule has 4 nitrogen and oxygen atoms in total. The van der Waals surface area contributed by atoms with Crippen LogP contribution in [0, 0.1) is 7.14 Å². The van der Waals surface area contributed by atoms with E-state index in [2.05, 4.69) is 22.6 Å². The molecular weight excluding hydrogens is 588 g/mol. The summed E-state index contributed by atoms with van der Waals surface area (Å²) in [6.45, 7) is 0.190. The summed E-state index contributed by atoms with van der Waals surface area (Å²) >= 11 is 10.9. The SMILES string of the molecule is O=C1S/C(=C\c2cc(I)cc(I)c2O)C(=O)N1Cc1ccc(Cl)cc1. The van der Waals surface area contributed by atoms with E-state index in [4.69, 9.17) is 11.6 Å². The lowest BCUT2D eigenvalue weighted by molar-refractivity contribution is -0.123. The number of benzene rings is 2. The quantitative estimate of drug-likeness (QED) is 0.376. The Morgan fingerprint density at radius 2 is 1.84 bits per heavy atom. The van der Waals surface area contributed by atoms with E-state index in [1.54, 1.807) is 36.4 Å². The normalized spacial score (nSPS) is 16.1. The zero-order valence-electron chi connectivity index (χ0n) is 12.5. The van der Waals surface area contributed by atoms with Crippen LogP contribution in [0.15, 0.2) is 41.3 Å². The van der Waals surface area contributed by atoms with Crippen molar-refractivity contribution >= 4 is 85.8 Å². The first kappa shape index (κ1) is 19.0. The second-order valence-electron chi connectivity index (χ2n) is 5.22. The molecule has 2 aromatic carbocycles. The van der Waals surface area contributed by atoms with Gasteiger partial charge in [0.2, 0.25) is 0 Å². The fraction of sp³-hybridized carbons (Fsp3) is 0.0588. The number of phenolic OH excluding ortho intramolecular Hbond substituents is 1. The monoisotopic (exact) mass is 597 g/mol. The molecule has 0 aromatic heterocycles. The van der Waals surface area contributed by atoms with Crippen molar-refractivity contribution in [3.05, 3.63) is 64.6 Å². The summed E-state index contributed by atoms with van der Waals surface area (Å²) in [4.78, 5) is 26.3. The molecule has 0 bridgehead atoms. The minimum absolute atomic E-state index is 0.102. The Labute approximate surface area is 180 Å². The molecule has 1 saturated heterocycles. The van der Waals surface area contributed by atoms with E-state index in [-0.39, 0.29) is 23.4 Å². The van der Waals surface area contributed by atoms with Crippen molar-refractivity contribution in [2.75, 3.05) is 0 Å². The largest absolute Gasteiger partial charge is 0.506 e. The number of carbonyl (C=O) groups is 2. The number of hydrogen-bond donors (Lipinski definition) is 1. The smallest absolute Gasteiger partial charge is 0.293 e. The van der Waals surface area contributed by atoms with Crippen LogP contribution in [-0.2, 0) is 11.3 Å². The van der Waals surface area contributed by atoms with Crippen LogP contribution in [0.5, 0.6) is 5.75 Å². The molecule has 1 aliphatic rings. The molecule has 1 N–H and O–H groups in total. The molecule has 0 aliphatic carbocycles. The summed E-state index contributed by atoms with van der Waals surface area (Å²) in [5.41, 5.74) is 1.34. The first-order valence-electron chi connectivity index (χ1n) is 7.03. The number of imide groups is 1. The molecule has 1 aliphatic heterocycles. The highest BCUT2D eigenvalue weighted by molar-refractivity contribution is 14.1. The number of nitrogens with zero attached hydrogens (tertiary/aromatic N) is 1. The third kappa shape index (κ3) is 4.32. The van der Waals surface area contributed by atoms with Crippen LogP contribution in [-0.4, -0.2) is 21.2 Å². The Morgan fingerprint density at radius 3 is 2.52 bits per heavy atom. The molecule has 0 radical (unpaired) electrons. The third-order valence-corrected chi connectivity index (χ3v) is 6.08. The minimum Gasteiger partial charge on any atom is -0.506 e. The van der Waals surface area contributed by atoms with Crippen LogP contribution in [0.25, 0.3) is 6.08 Å². The molecule has 1 fully saturated rings. The number of carbonyl (C=O) groups excluding carboxylic acids is 2. The van der Waals surface area contributed by atoms with E-state index in [9.17, 15) is 14.7 Å². The van der Waals surface area contributed by atoms with Crippen LogP contribution in [0.1, 0.15) is 11.1 Å². The number of halogens is 3. The average molecular weight is 598 g/mol. The Balaban J connectivity index is 1.87. The zero-order valence-corrected chi connectivity index (χ0v) is 18.4.